The monoisotopic (exact) mass is 667 g/mol. The smallest absolute Gasteiger partial charge is 0.303 e. The summed E-state index contributed by atoms with van der Waals surface area (Å²) >= 11 is 0. The topological polar surface area (TPSA) is 120 Å². The molecule has 0 aliphatic carbocycles. The molecule has 250 valence electrons. The third kappa shape index (κ3) is 7.86. The third-order valence-corrected chi connectivity index (χ3v) is 23.6. The number of aromatic nitrogens is 5. The van der Waals surface area contributed by atoms with Crippen molar-refractivity contribution in [2.75, 3.05) is 6.61 Å². The minimum Gasteiger partial charge on any atom is -0.459 e. The standard InChI is InChI=1S/C30H57N5O6Si3/c1-20(36)37-17-21-23-26(32-19-31-21)35(34-33-23)27-25(41-44(15,16)30(8,9)10)24(40-43(13,14)29(5,6)7)22(39-27)18-38-42(11,12)28(2,3)4/h19,22,24-25,27H,17-18H2,1-16H3/t22-,24-,25-,27-/m1/s1. The summed E-state index contributed by atoms with van der Waals surface area (Å²) in [4.78, 5) is 20.4. The maximum absolute atomic E-state index is 11.5. The first kappa shape index (κ1) is 36.9. The molecule has 0 spiro atoms. The lowest BCUT2D eigenvalue weighted by Crippen LogP contribution is -2.54. The molecule has 0 bridgehead atoms. The lowest BCUT2D eigenvalue weighted by atomic mass is 10.1. The molecule has 1 aliphatic rings. The second kappa shape index (κ2) is 12.6. The molecule has 4 atom stereocenters. The minimum atomic E-state index is -2.34. The zero-order chi connectivity index (χ0) is 33.7. The number of fused-ring (bicyclic) bond motifs is 1. The quantitative estimate of drug-likeness (QED) is 0.194. The van der Waals surface area contributed by atoms with Crippen molar-refractivity contribution in [2.24, 2.45) is 0 Å². The molecule has 2 aromatic heterocycles. The van der Waals surface area contributed by atoms with Crippen molar-refractivity contribution in [3.8, 4) is 0 Å². The molecule has 0 radical (unpaired) electrons. The summed E-state index contributed by atoms with van der Waals surface area (Å²) in [6.45, 7) is 35.3. The molecular weight excluding hydrogens is 611 g/mol. The Morgan fingerprint density at radius 3 is 1.86 bits per heavy atom. The van der Waals surface area contributed by atoms with Crippen LogP contribution >= 0.6 is 0 Å². The highest BCUT2D eigenvalue weighted by Crippen LogP contribution is 2.46. The molecule has 14 heteroatoms. The van der Waals surface area contributed by atoms with Crippen molar-refractivity contribution in [3.05, 3.63) is 12.0 Å². The van der Waals surface area contributed by atoms with Crippen LogP contribution in [-0.4, -0.2) is 80.8 Å². The summed E-state index contributed by atoms with van der Waals surface area (Å²) in [5, 5.41) is 8.89. The number of nitrogens with zero attached hydrogens (tertiary/aromatic N) is 5. The predicted octanol–water partition coefficient (Wildman–Crippen LogP) is 6.98. The van der Waals surface area contributed by atoms with E-state index in [0.29, 0.717) is 23.5 Å². The van der Waals surface area contributed by atoms with Gasteiger partial charge in [0.25, 0.3) is 0 Å². The van der Waals surface area contributed by atoms with Crippen molar-refractivity contribution in [1.82, 2.24) is 25.0 Å². The highest BCUT2D eigenvalue weighted by molar-refractivity contribution is 6.75. The van der Waals surface area contributed by atoms with Gasteiger partial charge in [-0.05, 0) is 54.4 Å². The van der Waals surface area contributed by atoms with Gasteiger partial charge in [-0.3, -0.25) is 4.79 Å². The fourth-order valence-corrected chi connectivity index (χ4v) is 7.72. The van der Waals surface area contributed by atoms with E-state index < -0.39 is 55.5 Å². The molecule has 1 aliphatic heterocycles. The first-order valence-corrected chi connectivity index (χ1v) is 24.3. The van der Waals surface area contributed by atoms with Gasteiger partial charge >= 0.3 is 5.97 Å². The van der Waals surface area contributed by atoms with E-state index in [-0.39, 0.29) is 21.7 Å². The van der Waals surface area contributed by atoms with Gasteiger partial charge < -0.3 is 22.8 Å². The highest BCUT2D eigenvalue weighted by atomic mass is 28.4. The van der Waals surface area contributed by atoms with E-state index in [1.54, 1.807) is 4.68 Å². The Morgan fingerprint density at radius 2 is 1.36 bits per heavy atom. The molecule has 0 unspecified atom stereocenters. The third-order valence-electron chi connectivity index (χ3n) is 10.2. The van der Waals surface area contributed by atoms with Gasteiger partial charge in [0.2, 0.25) is 0 Å². The second-order valence-electron chi connectivity index (χ2n) is 16.6. The molecule has 1 saturated heterocycles. The predicted molar refractivity (Wildman–Crippen MR) is 180 cm³/mol. The number of carbonyl (C=O) groups excluding carboxylic acids is 1. The summed E-state index contributed by atoms with van der Waals surface area (Å²) in [5.41, 5.74) is 1.41. The van der Waals surface area contributed by atoms with Gasteiger partial charge in [-0.2, -0.15) is 4.68 Å². The first-order chi connectivity index (χ1) is 19.8. The Hall–Kier alpha value is -1.56. The lowest BCUT2D eigenvalue weighted by molar-refractivity contribution is -0.142. The number of hydrogen-bond acceptors (Lipinski definition) is 10. The van der Waals surface area contributed by atoms with Gasteiger partial charge in [-0.1, -0.05) is 67.5 Å². The summed E-state index contributed by atoms with van der Waals surface area (Å²) in [5.74, 6) is -0.402. The molecule has 0 aromatic carbocycles. The summed E-state index contributed by atoms with van der Waals surface area (Å²) < 4.78 is 35.0. The molecule has 0 saturated carbocycles. The van der Waals surface area contributed by atoms with Crippen molar-refractivity contribution in [2.45, 2.75) is 155 Å². The van der Waals surface area contributed by atoms with E-state index >= 15 is 0 Å². The highest BCUT2D eigenvalue weighted by Gasteiger charge is 2.55. The molecule has 2 aromatic rings. The average Bonchev–Trinajstić information content (AvgIpc) is 3.40. The van der Waals surface area contributed by atoms with Crippen molar-refractivity contribution in [3.63, 3.8) is 0 Å². The first-order valence-electron chi connectivity index (χ1n) is 15.6. The number of rotatable bonds is 10. The molecule has 0 N–H and O–H groups in total. The Balaban J connectivity index is 2.17. The van der Waals surface area contributed by atoms with Crippen molar-refractivity contribution in [1.29, 1.82) is 0 Å². The molecule has 44 heavy (non-hydrogen) atoms. The molecular formula is C30H57N5O6Si3. The molecule has 3 rings (SSSR count). The molecule has 11 nitrogen and oxygen atoms in total. The fourth-order valence-electron chi connectivity index (χ4n) is 4.10. The summed E-state index contributed by atoms with van der Waals surface area (Å²) in [6.07, 6.45) is -0.536. The number of ether oxygens (including phenoxy) is 2. The van der Waals surface area contributed by atoms with Gasteiger partial charge in [0, 0.05) is 6.92 Å². The zero-order valence-electron chi connectivity index (χ0n) is 30.0. The van der Waals surface area contributed by atoms with Crippen molar-refractivity contribution >= 4 is 42.1 Å². The summed E-state index contributed by atoms with van der Waals surface area (Å²) in [7, 11) is -6.74. The Kier molecular flexibility index (Phi) is 10.5. The molecule has 1 fully saturated rings. The van der Waals surface area contributed by atoms with Crippen molar-refractivity contribution < 1.29 is 27.5 Å². The van der Waals surface area contributed by atoms with Crippen LogP contribution < -0.4 is 0 Å². The average molecular weight is 668 g/mol. The van der Waals surface area contributed by atoms with Crippen LogP contribution in [0.5, 0.6) is 0 Å². The fraction of sp³-hybridized carbons (Fsp3) is 0.833. The van der Waals surface area contributed by atoms with Crippen LogP contribution in [0.1, 0.15) is 81.2 Å². The van der Waals surface area contributed by atoms with Gasteiger partial charge in [-0.15, -0.1) is 5.10 Å². The number of esters is 1. The largest absolute Gasteiger partial charge is 0.459 e. The Morgan fingerprint density at radius 1 is 0.841 bits per heavy atom. The Labute approximate surface area is 267 Å². The summed E-state index contributed by atoms with van der Waals surface area (Å²) in [6, 6.07) is 0. The van der Waals surface area contributed by atoms with E-state index in [9.17, 15) is 4.79 Å². The number of carbonyl (C=O) groups is 1. The van der Waals surface area contributed by atoms with Gasteiger partial charge in [0.1, 0.15) is 36.9 Å². The molecule has 3 heterocycles. The van der Waals surface area contributed by atoms with E-state index in [1.807, 2.05) is 0 Å². The maximum Gasteiger partial charge on any atom is 0.303 e. The molecule has 0 amide bonds. The number of hydrogen-bond donors (Lipinski definition) is 0. The van der Waals surface area contributed by atoms with Crippen LogP contribution in [0.15, 0.2) is 6.33 Å². The lowest BCUT2D eigenvalue weighted by Gasteiger charge is -2.44. The van der Waals surface area contributed by atoms with Crippen LogP contribution in [0.25, 0.3) is 11.2 Å². The van der Waals surface area contributed by atoms with E-state index in [0.717, 1.165) is 0 Å². The van der Waals surface area contributed by atoms with Crippen LogP contribution in [-0.2, 0) is 34.2 Å². The van der Waals surface area contributed by atoms with Crippen LogP contribution in [0.3, 0.4) is 0 Å². The van der Waals surface area contributed by atoms with E-state index in [2.05, 4.69) is 122 Å². The second-order valence-corrected chi connectivity index (χ2v) is 31.0. The minimum absolute atomic E-state index is 0.0252. The Bertz CT molecular complexity index is 1310. The zero-order valence-corrected chi connectivity index (χ0v) is 33.0. The maximum atomic E-state index is 11.5. The van der Waals surface area contributed by atoms with E-state index in [4.69, 9.17) is 22.8 Å². The van der Waals surface area contributed by atoms with Crippen LogP contribution in [0.4, 0.5) is 0 Å². The van der Waals surface area contributed by atoms with Crippen LogP contribution in [0, 0.1) is 0 Å². The van der Waals surface area contributed by atoms with Gasteiger partial charge in [0.15, 0.2) is 42.3 Å². The SMILES string of the molecule is CC(=O)OCc1ncnc2c1nnn2[C@@H]1O[C@H](CO[Si](C)(C)C(C)(C)C)[C@@H](O[Si](C)(C)C(C)(C)C)[C@H]1O[Si](C)(C)C(C)(C)C. The van der Waals surface area contributed by atoms with Gasteiger partial charge in [-0.25, -0.2) is 9.97 Å². The van der Waals surface area contributed by atoms with Gasteiger partial charge in [0.05, 0.1) is 6.61 Å². The van der Waals surface area contributed by atoms with Crippen LogP contribution in [0.2, 0.25) is 54.4 Å². The normalized spacial score (nSPS) is 22.5. The van der Waals surface area contributed by atoms with E-state index in [1.165, 1.54) is 13.3 Å².